The summed E-state index contributed by atoms with van der Waals surface area (Å²) < 4.78 is 0. The molecule has 0 aliphatic rings. The topological polar surface area (TPSA) is 78.4 Å². The van der Waals surface area contributed by atoms with Crippen LogP contribution in [0.2, 0.25) is 0 Å². The second-order valence-corrected chi connectivity index (χ2v) is 3.53. The van der Waals surface area contributed by atoms with E-state index in [4.69, 9.17) is 5.11 Å². The Morgan fingerprint density at radius 3 is 2.43 bits per heavy atom. The van der Waals surface area contributed by atoms with Crippen LogP contribution in [-0.4, -0.2) is 36.6 Å². The van der Waals surface area contributed by atoms with Crippen molar-refractivity contribution in [2.24, 2.45) is 5.92 Å². The summed E-state index contributed by atoms with van der Waals surface area (Å²) in [5.41, 5.74) is 0. The third-order valence-corrected chi connectivity index (χ3v) is 1.62. The first-order valence-electron chi connectivity index (χ1n) is 4.71. The van der Waals surface area contributed by atoms with E-state index < -0.39 is 5.97 Å². The number of carboxylic acids is 1. The molecule has 0 heterocycles. The molecule has 3 N–H and O–H groups in total. The van der Waals surface area contributed by atoms with E-state index in [1.807, 2.05) is 0 Å². The molecular formula is C9H18N2O3. The molecule has 0 rings (SSSR count). The number of rotatable bonds is 7. The molecule has 0 bridgehead atoms. The van der Waals surface area contributed by atoms with Crippen molar-refractivity contribution in [3.63, 3.8) is 0 Å². The zero-order chi connectivity index (χ0) is 11.0. The summed E-state index contributed by atoms with van der Waals surface area (Å²) in [7, 11) is 0. The number of carboxylic acid groups (broad SMARTS) is 1. The number of amides is 1. The summed E-state index contributed by atoms with van der Waals surface area (Å²) in [5, 5.41) is 13.5. The minimum atomic E-state index is -1.03. The molecule has 0 saturated carbocycles. The Morgan fingerprint density at radius 1 is 1.29 bits per heavy atom. The monoisotopic (exact) mass is 202 g/mol. The van der Waals surface area contributed by atoms with E-state index in [-0.39, 0.29) is 19.0 Å². The van der Waals surface area contributed by atoms with Gasteiger partial charge in [0.25, 0.3) is 0 Å². The van der Waals surface area contributed by atoms with E-state index in [9.17, 15) is 9.59 Å². The standard InChI is InChI=1S/C9H18N2O3/c1-7(2)3-4-10-5-8(12)11-6-9(13)14/h7,10H,3-6H2,1-2H3,(H,11,12)(H,13,14). The largest absolute Gasteiger partial charge is 0.480 e. The number of carbonyl (C=O) groups excluding carboxylic acids is 1. The smallest absolute Gasteiger partial charge is 0.322 e. The lowest BCUT2D eigenvalue weighted by Gasteiger charge is -2.06. The van der Waals surface area contributed by atoms with Gasteiger partial charge in [-0.15, -0.1) is 0 Å². The number of carbonyl (C=O) groups is 2. The van der Waals surface area contributed by atoms with Gasteiger partial charge in [0.15, 0.2) is 0 Å². The molecule has 5 nitrogen and oxygen atoms in total. The quantitative estimate of drug-likeness (QED) is 0.500. The first-order valence-corrected chi connectivity index (χ1v) is 4.71. The van der Waals surface area contributed by atoms with Crippen LogP contribution in [0.5, 0.6) is 0 Å². The van der Waals surface area contributed by atoms with Gasteiger partial charge in [-0.2, -0.15) is 0 Å². The zero-order valence-electron chi connectivity index (χ0n) is 8.67. The molecule has 0 spiro atoms. The maximum atomic E-state index is 11.0. The molecule has 0 radical (unpaired) electrons. The molecule has 5 heteroatoms. The van der Waals surface area contributed by atoms with Crippen molar-refractivity contribution in [3.05, 3.63) is 0 Å². The van der Waals surface area contributed by atoms with Crippen LogP contribution in [0.1, 0.15) is 20.3 Å². The Kier molecular flexibility index (Phi) is 6.74. The fraction of sp³-hybridized carbons (Fsp3) is 0.778. The van der Waals surface area contributed by atoms with Crippen LogP contribution in [0.15, 0.2) is 0 Å². The van der Waals surface area contributed by atoms with E-state index in [0.717, 1.165) is 13.0 Å². The Balaban J connectivity index is 3.31. The lowest BCUT2D eigenvalue weighted by molar-refractivity contribution is -0.137. The van der Waals surface area contributed by atoms with Gasteiger partial charge in [0, 0.05) is 0 Å². The first kappa shape index (κ1) is 12.9. The van der Waals surface area contributed by atoms with Gasteiger partial charge in [-0.1, -0.05) is 13.8 Å². The highest BCUT2D eigenvalue weighted by Crippen LogP contribution is 1.95. The normalized spacial score (nSPS) is 10.2. The number of nitrogens with one attached hydrogen (secondary N) is 2. The van der Waals surface area contributed by atoms with E-state index >= 15 is 0 Å². The summed E-state index contributed by atoms with van der Waals surface area (Å²) in [6.07, 6.45) is 1.01. The minimum Gasteiger partial charge on any atom is -0.480 e. The molecule has 0 aliphatic carbocycles. The summed E-state index contributed by atoms with van der Waals surface area (Å²) in [5.74, 6) is -0.707. The summed E-state index contributed by atoms with van der Waals surface area (Å²) in [6.45, 7) is 4.85. The average molecular weight is 202 g/mol. The number of hydrogen-bond donors (Lipinski definition) is 3. The highest BCUT2D eigenvalue weighted by Gasteiger charge is 2.02. The van der Waals surface area contributed by atoms with Crippen LogP contribution in [0.25, 0.3) is 0 Å². The van der Waals surface area contributed by atoms with Gasteiger partial charge in [-0.25, -0.2) is 0 Å². The second-order valence-electron chi connectivity index (χ2n) is 3.53. The van der Waals surface area contributed by atoms with Gasteiger partial charge in [0.05, 0.1) is 6.54 Å². The van der Waals surface area contributed by atoms with Crippen LogP contribution in [-0.2, 0) is 9.59 Å². The van der Waals surface area contributed by atoms with Gasteiger partial charge in [0.2, 0.25) is 5.91 Å². The van der Waals surface area contributed by atoms with Crippen LogP contribution in [0.4, 0.5) is 0 Å². The summed E-state index contributed by atoms with van der Waals surface area (Å²) >= 11 is 0. The Morgan fingerprint density at radius 2 is 1.93 bits per heavy atom. The lowest BCUT2D eigenvalue weighted by Crippen LogP contribution is -2.37. The molecule has 0 aromatic rings. The van der Waals surface area contributed by atoms with E-state index in [1.54, 1.807) is 0 Å². The van der Waals surface area contributed by atoms with Crippen LogP contribution >= 0.6 is 0 Å². The SMILES string of the molecule is CC(C)CCNCC(=O)NCC(=O)O. The van der Waals surface area contributed by atoms with Gasteiger partial charge < -0.3 is 15.7 Å². The third kappa shape index (κ3) is 8.99. The second kappa shape index (κ2) is 7.32. The minimum absolute atomic E-state index is 0.181. The van der Waals surface area contributed by atoms with E-state index in [0.29, 0.717) is 5.92 Å². The van der Waals surface area contributed by atoms with Gasteiger partial charge in [-0.3, -0.25) is 9.59 Å². The van der Waals surface area contributed by atoms with E-state index in [2.05, 4.69) is 24.5 Å². The maximum absolute atomic E-state index is 11.0. The van der Waals surface area contributed by atoms with Crippen molar-refractivity contribution in [1.29, 1.82) is 0 Å². The Labute approximate surface area is 83.9 Å². The molecular weight excluding hydrogens is 184 g/mol. The average Bonchev–Trinajstić information content (AvgIpc) is 2.08. The number of aliphatic carboxylic acids is 1. The molecule has 0 aromatic heterocycles. The molecule has 1 amide bonds. The summed E-state index contributed by atoms with van der Waals surface area (Å²) in [6, 6.07) is 0. The summed E-state index contributed by atoms with van der Waals surface area (Å²) in [4.78, 5) is 21.0. The van der Waals surface area contributed by atoms with Gasteiger partial charge in [0.1, 0.15) is 6.54 Å². The molecule has 0 fully saturated rings. The van der Waals surface area contributed by atoms with Gasteiger partial charge in [-0.05, 0) is 18.9 Å². The van der Waals surface area contributed by atoms with Crippen molar-refractivity contribution >= 4 is 11.9 Å². The first-order chi connectivity index (χ1) is 6.52. The Bertz CT molecular complexity index is 192. The predicted octanol–water partition coefficient (Wildman–Crippen LogP) is -0.177. The molecule has 0 aliphatic heterocycles. The molecule has 14 heavy (non-hydrogen) atoms. The van der Waals surface area contributed by atoms with Crippen molar-refractivity contribution in [1.82, 2.24) is 10.6 Å². The molecule has 0 unspecified atom stereocenters. The molecule has 0 saturated heterocycles. The fourth-order valence-electron chi connectivity index (χ4n) is 0.829. The molecule has 0 atom stereocenters. The van der Waals surface area contributed by atoms with Crippen LogP contribution in [0, 0.1) is 5.92 Å². The highest BCUT2D eigenvalue weighted by atomic mass is 16.4. The van der Waals surface area contributed by atoms with Crippen molar-refractivity contribution in [2.75, 3.05) is 19.6 Å². The van der Waals surface area contributed by atoms with Crippen molar-refractivity contribution in [2.45, 2.75) is 20.3 Å². The van der Waals surface area contributed by atoms with Crippen molar-refractivity contribution < 1.29 is 14.7 Å². The van der Waals surface area contributed by atoms with Crippen LogP contribution in [0.3, 0.4) is 0 Å². The highest BCUT2D eigenvalue weighted by molar-refractivity contribution is 5.82. The molecule has 82 valence electrons. The molecule has 0 aromatic carbocycles. The lowest BCUT2D eigenvalue weighted by atomic mass is 10.1. The van der Waals surface area contributed by atoms with E-state index in [1.165, 1.54) is 0 Å². The van der Waals surface area contributed by atoms with Crippen molar-refractivity contribution in [3.8, 4) is 0 Å². The predicted molar refractivity (Wildman–Crippen MR) is 53.0 cm³/mol. The van der Waals surface area contributed by atoms with Gasteiger partial charge >= 0.3 is 5.97 Å². The maximum Gasteiger partial charge on any atom is 0.322 e. The van der Waals surface area contributed by atoms with Crippen LogP contribution < -0.4 is 10.6 Å². The zero-order valence-corrected chi connectivity index (χ0v) is 8.67. The third-order valence-electron chi connectivity index (χ3n) is 1.62. The number of hydrogen-bond acceptors (Lipinski definition) is 3. The Hall–Kier alpha value is -1.10. The fourth-order valence-corrected chi connectivity index (χ4v) is 0.829.